The summed E-state index contributed by atoms with van der Waals surface area (Å²) >= 11 is 1.60. The zero-order valence-corrected chi connectivity index (χ0v) is 15.7. The Bertz CT molecular complexity index is 1150. The molecule has 27 heavy (non-hydrogen) atoms. The monoisotopic (exact) mass is 374 g/mol. The molecule has 0 spiro atoms. The minimum Gasteiger partial charge on any atom is -0.308 e. The highest BCUT2D eigenvalue weighted by Gasteiger charge is 2.29. The van der Waals surface area contributed by atoms with Gasteiger partial charge in [0.15, 0.2) is 0 Å². The smallest absolute Gasteiger partial charge is 0.234 e. The molecule has 1 aliphatic rings. The van der Waals surface area contributed by atoms with Gasteiger partial charge in [-0.1, -0.05) is 42.5 Å². The molecule has 0 bridgehead atoms. The van der Waals surface area contributed by atoms with E-state index in [-0.39, 0.29) is 5.91 Å². The number of thiazole rings is 1. The molecule has 0 atom stereocenters. The lowest BCUT2D eigenvalue weighted by molar-refractivity contribution is -0.117. The van der Waals surface area contributed by atoms with Gasteiger partial charge in [-0.15, -0.1) is 11.3 Å². The maximum absolute atomic E-state index is 13.0. The Hall–Kier alpha value is -2.99. The molecule has 0 radical (unpaired) electrons. The number of carbonyl (C=O) groups excluding carboxylic acids is 1. The second-order valence-corrected chi connectivity index (χ2v) is 7.75. The summed E-state index contributed by atoms with van der Waals surface area (Å²) in [5.41, 5.74) is 4.04. The number of aromatic nitrogens is 3. The van der Waals surface area contributed by atoms with E-state index in [1.165, 1.54) is 0 Å². The van der Waals surface area contributed by atoms with Gasteiger partial charge in [0.05, 0.1) is 23.1 Å². The number of aryl methyl sites for hydroxylation is 1. The van der Waals surface area contributed by atoms with Gasteiger partial charge in [-0.2, -0.15) is 0 Å². The minimum atomic E-state index is 0.0791. The van der Waals surface area contributed by atoms with E-state index in [1.54, 1.807) is 16.2 Å². The van der Waals surface area contributed by atoms with Crippen LogP contribution in [0, 0.1) is 6.92 Å². The van der Waals surface area contributed by atoms with Crippen LogP contribution in [0.5, 0.6) is 0 Å². The molecular formula is C21H18N4OS. The summed E-state index contributed by atoms with van der Waals surface area (Å²) in [6.45, 7) is 3.44. The SMILES string of the molecule is Cc1nc(-c2ccccc2)sc1CC(=O)N1CCn2c1nc1ccccc12. The number of carbonyl (C=O) groups is 1. The van der Waals surface area contributed by atoms with E-state index in [2.05, 4.69) is 20.6 Å². The maximum atomic E-state index is 13.0. The standard InChI is InChI=1S/C21H18N4OS/c1-14-18(27-20(22-14)15-7-3-2-4-8-15)13-19(26)25-12-11-24-17-10-6-5-9-16(17)23-21(24)25/h2-10H,11-13H2,1H3. The highest BCUT2D eigenvalue weighted by atomic mass is 32.1. The van der Waals surface area contributed by atoms with Crippen LogP contribution in [0.2, 0.25) is 0 Å². The lowest BCUT2D eigenvalue weighted by atomic mass is 10.2. The fourth-order valence-electron chi connectivity index (χ4n) is 3.55. The van der Waals surface area contributed by atoms with Crippen LogP contribution in [0.3, 0.4) is 0 Å². The van der Waals surface area contributed by atoms with Crippen LogP contribution < -0.4 is 4.90 Å². The van der Waals surface area contributed by atoms with E-state index < -0.39 is 0 Å². The number of para-hydroxylation sites is 2. The third-order valence-electron chi connectivity index (χ3n) is 4.95. The van der Waals surface area contributed by atoms with Crippen molar-refractivity contribution in [2.75, 3.05) is 11.4 Å². The van der Waals surface area contributed by atoms with Crippen LogP contribution in [0.15, 0.2) is 54.6 Å². The van der Waals surface area contributed by atoms with Crippen molar-refractivity contribution in [3.05, 3.63) is 65.2 Å². The van der Waals surface area contributed by atoms with Gasteiger partial charge < -0.3 is 4.57 Å². The zero-order chi connectivity index (χ0) is 18.4. The third kappa shape index (κ3) is 2.73. The molecule has 6 heteroatoms. The van der Waals surface area contributed by atoms with Gasteiger partial charge in [0.2, 0.25) is 11.9 Å². The molecule has 0 saturated heterocycles. The Morgan fingerprint density at radius 3 is 2.67 bits per heavy atom. The van der Waals surface area contributed by atoms with Crippen molar-refractivity contribution in [1.29, 1.82) is 0 Å². The van der Waals surface area contributed by atoms with E-state index in [1.807, 2.05) is 55.5 Å². The number of nitrogens with zero attached hydrogens (tertiary/aromatic N) is 4. The van der Waals surface area contributed by atoms with Gasteiger partial charge in [-0.05, 0) is 19.1 Å². The molecule has 3 heterocycles. The summed E-state index contributed by atoms with van der Waals surface area (Å²) in [5.74, 6) is 0.835. The van der Waals surface area contributed by atoms with Crippen molar-refractivity contribution < 1.29 is 4.79 Å². The zero-order valence-electron chi connectivity index (χ0n) is 14.9. The van der Waals surface area contributed by atoms with Crippen molar-refractivity contribution in [2.24, 2.45) is 0 Å². The first-order valence-corrected chi connectivity index (χ1v) is 9.80. The average molecular weight is 374 g/mol. The number of imidazole rings is 1. The van der Waals surface area contributed by atoms with Crippen LogP contribution in [0.25, 0.3) is 21.6 Å². The molecule has 0 unspecified atom stereocenters. The molecule has 0 N–H and O–H groups in total. The number of hydrogen-bond donors (Lipinski definition) is 0. The van der Waals surface area contributed by atoms with E-state index in [0.29, 0.717) is 13.0 Å². The topological polar surface area (TPSA) is 51.0 Å². The first-order chi connectivity index (χ1) is 13.2. The first-order valence-electron chi connectivity index (χ1n) is 8.98. The van der Waals surface area contributed by atoms with Gasteiger partial charge in [0.25, 0.3) is 0 Å². The summed E-state index contributed by atoms with van der Waals surface area (Å²) < 4.78 is 2.13. The molecule has 0 aliphatic carbocycles. The second kappa shape index (κ2) is 6.32. The van der Waals surface area contributed by atoms with E-state index in [0.717, 1.165) is 44.7 Å². The quantitative estimate of drug-likeness (QED) is 0.543. The number of amides is 1. The Morgan fingerprint density at radius 2 is 1.81 bits per heavy atom. The predicted octanol–water partition coefficient (Wildman–Crippen LogP) is 4.06. The molecule has 4 aromatic rings. The lowest BCUT2D eigenvalue weighted by Gasteiger charge is -2.13. The molecule has 0 saturated carbocycles. The molecule has 1 amide bonds. The fraction of sp³-hybridized carbons (Fsp3) is 0.190. The Labute approximate surface area is 160 Å². The van der Waals surface area contributed by atoms with Gasteiger partial charge in [0, 0.05) is 23.5 Å². The summed E-state index contributed by atoms with van der Waals surface area (Å²) in [5, 5.41) is 0.963. The van der Waals surface area contributed by atoms with Crippen molar-refractivity contribution in [2.45, 2.75) is 19.9 Å². The number of hydrogen-bond acceptors (Lipinski definition) is 4. The highest BCUT2D eigenvalue weighted by Crippen LogP contribution is 2.31. The number of benzene rings is 2. The maximum Gasteiger partial charge on any atom is 0.234 e. The Balaban J connectivity index is 1.42. The highest BCUT2D eigenvalue weighted by molar-refractivity contribution is 7.15. The summed E-state index contributed by atoms with van der Waals surface area (Å²) in [4.78, 5) is 25.2. The van der Waals surface area contributed by atoms with E-state index in [4.69, 9.17) is 0 Å². The van der Waals surface area contributed by atoms with Gasteiger partial charge in [0.1, 0.15) is 5.01 Å². The van der Waals surface area contributed by atoms with Crippen molar-refractivity contribution in [3.8, 4) is 10.6 Å². The van der Waals surface area contributed by atoms with Crippen molar-refractivity contribution in [1.82, 2.24) is 14.5 Å². The molecule has 2 aromatic carbocycles. The Kier molecular flexibility index (Phi) is 3.79. The van der Waals surface area contributed by atoms with Crippen LogP contribution in [-0.2, 0) is 17.8 Å². The summed E-state index contributed by atoms with van der Waals surface area (Å²) in [6, 6.07) is 18.1. The van der Waals surface area contributed by atoms with Crippen LogP contribution in [0.1, 0.15) is 10.6 Å². The average Bonchev–Trinajstić information content (AvgIpc) is 3.36. The Morgan fingerprint density at radius 1 is 1.04 bits per heavy atom. The van der Waals surface area contributed by atoms with Crippen LogP contribution in [0.4, 0.5) is 5.95 Å². The minimum absolute atomic E-state index is 0.0791. The lowest BCUT2D eigenvalue weighted by Crippen LogP contribution is -2.30. The van der Waals surface area contributed by atoms with Gasteiger partial charge >= 0.3 is 0 Å². The van der Waals surface area contributed by atoms with Crippen molar-refractivity contribution >= 4 is 34.2 Å². The molecule has 134 valence electrons. The fourth-order valence-corrected chi connectivity index (χ4v) is 4.61. The van der Waals surface area contributed by atoms with Gasteiger partial charge in [-0.3, -0.25) is 9.69 Å². The molecule has 5 rings (SSSR count). The number of rotatable bonds is 3. The summed E-state index contributed by atoms with van der Waals surface area (Å²) in [7, 11) is 0. The first kappa shape index (κ1) is 16.2. The van der Waals surface area contributed by atoms with Crippen molar-refractivity contribution in [3.63, 3.8) is 0 Å². The molecular weight excluding hydrogens is 356 g/mol. The summed E-state index contributed by atoms with van der Waals surface area (Å²) in [6.07, 6.45) is 0.361. The number of anilines is 1. The molecule has 2 aromatic heterocycles. The van der Waals surface area contributed by atoms with E-state index in [9.17, 15) is 4.79 Å². The number of fused-ring (bicyclic) bond motifs is 3. The van der Waals surface area contributed by atoms with Gasteiger partial charge in [-0.25, -0.2) is 9.97 Å². The van der Waals surface area contributed by atoms with Crippen LogP contribution >= 0.6 is 11.3 Å². The van der Waals surface area contributed by atoms with E-state index >= 15 is 0 Å². The predicted molar refractivity (Wildman–Crippen MR) is 108 cm³/mol. The molecule has 1 aliphatic heterocycles. The molecule has 0 fully saturated rings. The largest absolute Gasteiger partial charge is 0.308 e. The third-order valence-corrected chi connectivity index (χ3v) is 6.16. The second-order valence-electron chi connectivity index (χ2n) is 6.67. The van der Waals surface area contributed by atoms with Crippen LogP contribution in [-0.4, -0.2) is 27.0 Å². The molecule has 5 nitrogen and oxygen atoms in total. The normalized spacial score (nSPS) is 13.3.